The average Bonchev–Trinajstić information content (AvgIpc) is 2.91. The summed E-state index contributed by atoms with van der Waals surface area (Å²) in [6.07, 6.45) is -1.14. The van der Waals surface area contributed by atoms with Gasteiger partial charge in [-0.2, -0.15) is 0 Å². The molecular weight excluding hydrogens is 358 g/mol. The van der Waals surface area contributed by atoms with Crippen molar-refractivity contribution >= 4 is 29.4 Å². The van der Waals surface area contributed by atoms with Gasteiger partial charge in [-0.05, 0) is 47.6 Å². The molecule has 0 fully saturated rings. The van der Waals surface area contributed by atoms with Crippen LogP contribution in [0.3, 0.4) is 0 Å². The molecule has 26 heavy (non-hydrogen) atoms. The Morgan fingerprint density at radius 2 is 1.65 bits per heavy atom. The summed E-state index contributed by atoms with van der Waals surface area (Å²) in [5, 5.41) is 13.4. The van der Waals surface area contributed by atoms with Gasteiger partial charge in [0.05, 0.1) is 0 Å². The maximum Gasteiger partial charge on any atom is 0.419 e. The molecule has 0 aliphatic carbocycles. The molecule has 1 heterocycles. The number of ether oxygens (including phenoxy) is 2. The summed E-state index contributed by atoms with van der Waals surface area (Å²) in [7, 11) is 0. The van der Waals surface area contributed by atoms with E-state index >= 15 is 0 Å². The van der Waals surface area contributed by atoms with Crippen molar-refractivity contribution in [2.24, 2.45) is 10.9 Å². The van der Waals surface area contributed by atoms with Gasteiger partial charge >= 0.3 is 12.2 Å². The predicted molar refractivity (Wildman–Crippen MR) is 99.7 cm³/mol. The molecular formula is C17H27N3O5S. The molecule has 0 atom stereocenters. The molecule has 146 valence electrons. The van der Waals surface area contributed by atoms with Crippen molar-refractivity contribution in [3.63, 3.8) is 0 Å². The Kier molecular flexibility index (Phi) is 7.02. The second-order valence-corrected chi connectivity index (χ2v) is 8.65. The van der Waals surface area contributed by atoms with Crippen LogP contribution in [-0.2, 0) is 15.9 Å². The quantitative estimate of drug-likeness (QED) is 0.354. The van der Waals surface area contributed by atoms with Crippen LogP contribution in [0.1, 0.15) is 52.0 Å². The zero-order chi connectivity index (χ0) is 20.1. The number of nitrogens with two attached hydrogens (primary N) is 1. The van der Waals surface area contributed by atoms with Crippen molar-refractivity contribution in [3.05, 3.63) is 21.9 Å². The summed E-state index contributed by atoms with van der Waals surface area (Å²) in [5.74, 6) is 0.00337. The summed E-state index contributed by atoms with van der Waals surface area (Å²) in [5.41, 5.74) is 4.65. The number of hydrogen-bond acceptors (Lipinski definition) is 7. The molecule has 0 unspecified atom stereocenters. The lowest BCUT2D eigenvalue weighted by molar-refractivity contribution is 0.00174. The van der Waals surface area contributed by atoms with Crippen LogP contribution >= 0.6 is 11.3 Å². The highest BCUT2D eigenvalue weighted by molar-refractivity contribution is 7.10. The number of hydrogen-bond donors (Lipinski definition) is 2. The van der Waals surface area contributed by atoms with Gasteiger partial charge in [0, 0.05) is 28.8 Å². The Bertz CT molecular complexity index is 643. The standard InChI is InChI=1S/C17H27N3O5S/c1-16(2,3)24-14(21)20(15(22)25-17(4,5)6)8-7-12-9-11(10-26-12)13(18)19-23/h9-10,23H,7-8H2,1-6H3,(H2,18,19). The minimum Gasteiger partial charge on any atom is -0.443 e. The summed E-state index contributed by atoms with van der Waals surface area (Å²) in [6.45, 7) is 10.4. The largest absolute Gasteiger partial charge is 0.443 e. The highest BCUT2D eigenvalue weighted by Gasteiger charge is 2.31. The first-order valence-electron chi connectivity index (χ1n) is 8.11. The molecule has 0 aliphatic rings. The van der Waals surface area contributed by atoms with E-state index in [1.807, 2.05) is 0 Å². The summed E-state index contributed by atoms with van der Waals surface area (Å²) >= 11 is 1.38. The fraction of sp³-hybridized carbons (Fsp3) is 0.588. The average molecular weight is 385 g/mol. The van der Waals surface area contributed by atoms with Crippen LogP contribution in [0.4, 0.5) is 9.59 Å². The van der Waals surface area contributed by atoms with Crippen molar-refractivity contribution < 1.29 is 24.3 Å². The van der Waals surface area contributed by atoms with E-state index in [1.165, 1.54) is 11.3 Å². The van der Waals surface area contributed by atoms with E-state index in [-0.39, 0.29) is 12.4 Å². The summed E-state index contributed by atoms with van der Waals surface area (Å²) in [6, 6.07) is 1.74. The molecule has 0 aliphatic heterocycles. The van der Waals surface area contributed by atoms with Crippen LogP contribution in [0.2, 0.25) is 0 Å². The minimum absolute atomic E-state index is 0.00337. The minimum atomic E-state index is -0.764. The number of carbonyl (C=O) groups excluding carboxylic acids is 2. The summed E-state index contributed by atoms with van der Waals surface area (Å²) < 4.78 is 10.6. The number of rotatable bonds is 4. The van der Waals surface area contributed by atoms with Gasteiger partial charge in [-0.25, -0.2) is 14.5 Å². The molecule has 3 N–H and O–H groups in total. The zero-order valence-electron chi connectivity index (χ0n) is 16.0. The van der Waals surface area contributed by atoms with Crippen LogP contribution < -0.4 is 5.73 Å². The van der Waals surface area contributed by atoms with Crippen LogP contribution in [0.15, 0.2) is 16.6 Å². The van der Waals surface area contributed by atoms with Gasteiger partial charge in [0.2, 0.25) is 0 Å². The number of oxime groups is 1. The third kappa shape index (κ3) is 7.30. The van der Waals surface area contributed by atoms with Crippen LogP contribution in [0, 0.1) is 0 Å². The number of imide groups is 1. The monoisotopic (exact) mass is 385 g/mol. The number of amidine groups is 1. The van der Waals surface area contributed by atoms with Crippen LogP contribution in [0.5, 0.6) is 0 Å². The third-order valence-electron chi connectivity index (χ3n) is 2.87. The first-order chi connectivity index (χ1) is 11.8. The van der Waals surface area contributed by atoms with E-state index in [1.54, 1.807) is 53.0 Å². The van der Waals surface area contributed by atoms with Crippen molar-refractivity contribution in [2.75, 3.05) is 6.54 Å². The molecule has 1 aromatic heterocycles. The highest BCUT2D eigenvalue weighted by Crippen LogP contribution is 2.18. The highest BCUT2D eigenvalue weighted by atomic mass is 32.1. The molecule has 0 aromatic carbocycles. The van der Waals surface area contributed by atoms with E-state index in [9.17, 15) is 9.59 Å². The van der Waals surface area contributed by atoms with Crippen molar-refractivity contribution in [1.82, 2.24) is 4.90 Å². The van der Waals surface area contributed by atoms with E-state index in [4.69, 9.17) is 20.4 Å². The second kappa shape index (κ2) is 8.39. The third-order valence-corrected chi connectivity index (χ3v) is 3.86. The van der Waals surface area contributed by atoms with Gasteiger partial charge in [-0.15, -0.1) is 11.3 Å². The second-order valence-electron chi connectivity index (χ2n) is 7.65. The number of thiophene rings is 1. The lowest BCUT2D eigenvalue weighted by atomic mass is 10.2. The number of nitrogens with zero attached hydrogens (tertiary/aromatic N) is 2. The summed E-state index contributed by atoms with van der Waals surface area (Å²) in [4.78, 5) is 26.6. The van der Waals surface area contributed by atoms with E-state index in [0.717, 1.165) is 9.78 Å². The SMILES string of the molecule is CC(C)(C)OC(=O)N(CCc1cc(C(N)=NO)cs1)C(=O)OC(C)(C)C. The van der Waals surface area contributed by atoms with Crippen molar-refractivity contribution in [1.29, 1.82) is 0 Å². The molecule has 2 amide bonds. The molecule has 0 bridgehead atoms. The van der Waals surface area contributed by atoms with E-state index in [0.29, 0.717) is 12.0 Å². The first-order valence-corrected chi connectivity index (χ1v) is 8.99. The molecule has 8 nitrogen and oxygen atoms in total. The Hall–Kier alpha value is -2.29. The fourth-order valence-electron chi connectivity index (χ4n) is 1.82. The van der Waals surface area contributed by atoms with Gasteiger partial charge in [-0.3, -0.25) is 0 Å². The van der Waals surface area contributed by atoms with Crippen LogP contribution in [-0.4, -0.2) is 45.9 Å². The van der Waals surface area contributed by atoms with Crippen molar-refractivity contribution in [3.8, 4) is 0 Å². The molecule has 1 rings (SSSR count). The molecule has 9 heteroatoms. The van der Waals surface area contributed by atoms with Gasteiger partial charge < -0.3 is 20.4 Å². The van der Waals surface area contributed by atoms with Gasteiger partial charge in [0.25, 0.3) is 0 Å². The maximum absolute atomic E-state index is 12.4. The zero-order valence-corrected chi connectivity index (χ0v) is 16.8. The number of carbonyl (C=O) groups is 2. The Morgan fingerprint density at radius 3 is 2.08 bits per heavy atom. The van der Waals surface area contributed by atoms with Gasteiger partial charge in [0.15, 0.2) is 5.84 Å². The topological polar surface area (TPSA) is 114 Å². The van der Waals surface area contributed by atoms with Gasteiger partial charge in [-0.1, -0.05) is 5.16 Å². The Labute approximate surface area is 157 Å². The lowest BCUT2D eigenvalue weighted by Gasteiger charge is -2.28. The predicted octanol–water partition coefficient (Wildman–Crippen LogP) is 3.56. The first kappa shape index (κ1) is 21.8. The number of amides is 2. The van der Waals surface area contributed by atoms with E-state index in [2.05, 4.69) is 5.16 Å². The fourth-order valence-corrected chi connectivity index (χ4v) is 2.69. The van der Waals surface area contributed by atoms with E-state index < -0.39 is 23.4 Å². The van der Waals surface area contributed by atoms with Crippen LogP contribution in [0.25, 0.3) is 0 Å². The lowest BCUT2D eigenvalue weighted by Crippen LogP contribution is -2.44. The smallest absolute Gasteiger partial charge is 0.419 e. The molecule has 0 saturated heterocycles. The normalized spacial score (nSPS) is 12.6. The molecule has 0 spiro atoms. The van der Waals surface area contributed by atoms with Gasteiger partial charge in [0.1, 0.15) is 11.2 Å². The Balaban J connectivity index is 2.89. The maximum atomic E-state index is 12.4. The van der Waals surface area contributed by atoms with Crippen molar-refractivity contribution in [2.45, 2.75) is 59.2 Å². The molecule has 0 radical (unpaired) electrons. The molecule has 0 saturated carbocycles. The Morgan fingerprint density at radius 1 is 1.15 bits per heavy atom. The molecule has 1 aromatic rings.